The molecule has 3 aromatic heterocycles. The number of benzene rings is 1. The van der Waals surface area contributed by atoms with Gasteiger partial charge in [0.05, 0.1) is 33.2 Å². The number of thiazole rings is 1. The van der Waals surface area contributed by atoms with E-state index in [4.69, 9.17) is 4.42 Å². The molecule has 0 bridgehead atoms. The molecule has 1 aromatic carbocycles. The summed E-state index contributed by atoms with van der Waals surface area (Å²) in [5.74, 6) is -0.951. The van der Waals surface area contributed by atoms with E-state index in [1.807, 2.05) is 25.1 Å². The van der Waals surface area contributed by atoms with Crippen molar-refractivity contribution in [1.29, 1.82) is 0 Å². The monoisotopic (exact) mass is 439 g/mol. The van der Waals surface area contributed by atoms with Gasteiger partial charge >= 0.3 is 0 Å². The summed E-state index contributed by atoms with van der Waals surface area (Å²) in [6.07, 6.45) is 2.99. The summed E-state index contributed by atoms with van der Waals surface area (Å²) >= 11 is 1.29. The number of sulfone groups is 1. The number of carbonyl (C=O) groups excluding carboxylic acids is 1. The quantitative estimate of drug-likeness (QED) is 0.480. The third kappa shape index (κ3) is 4.17. The van der Waals surface area contributed by atoms with E-state index in [0.29, 0.717) is 5.13 Å². The van der Waals surface area contributed by atoms with Gasteiger partial charge in [0.15, 0.2) is 20.7 Å². The molecule has 0 fully saturated rings. The minimum atomic E-state index is -3.61. The molecule has 0 aliphatic carbocycles. The number of furan rings is 1. The van der Waals surface area contributed by atoms with Crippen LogP contribution in [0.4, 0.5) is 5.13 Å². The summed E-state index contributed by atoms with van der Waals surface area (Å²) in [5, 5.41) is 3.07. The standard InChI is InChI=1S/C21H17N3O4S2/c1-14-19(17-9-5-6-11-22-17)29-21(23-14)24-20(25)18-15(10-12-28-18)13-30(26,27)16-7-3-2-4-8-16/h2-12H,13H2,1H3,(H,23,24,25). The van der Waals surface area contributed by atoms with E-state index in [9.17, 15) is 13.2 Å². The number of amides is 1. The predicted octanol–water partition coefficient (Wildman–Crippen LogP) is 4.33. The maximum Gasteiger partial charge on any atom is 0.293 e. The SMILES string of the molecule is Cc1nc(NC(=O)c2occc2CS(=O)(=O)c2ccccc2)sc1-c1ccccn1. The summed E-state index contributed by atoms with van der Waals surface area (Å²) in [6.45, 7) is 1.83. The first-order valence-electron chi connectivity index (χ1n) is 8.98. The van der Waals surface area contributed by atoms with Gasteiger partial charge in [0, 0.05) is 11.8 Å². The van der Waals surface area contributed by atoms with Crippen LogP contribution in [0.5, 0.6) is 0 Å². The van der Waals surface area contributed by atoms with Crippen LogP contribution in [0.1, 0.15) is 21.8 Å². The fourth-order valence-corrected chi connectivity index (χ4v) is 5.22. The minimum absolute atomic E-state index is 0.0539. The van der Waals surface area contributed by atoms with Crippen LogP contribution in [-0.4, -0.2) is 24.3 Å². The van der Waals surface area contributed by atoms with Gasteiger partial charge in [-0.2, -0.15) is 0 Å². The van der Waals surface area contributed by atoms with Crippen LogP contribution in [0.3, 0.4) is 0 Å². The molecule has 0 radical (unpaired) electrons. The van der Waals surface area contributed by atoms with E-state index in [1.54, 1.807) is 24.4 Å². The zero-order chi connectivity index (χ0) is 21.1. The first-order chi connectivity index (χ1) is 14.4. The maximum atomic E-state index is 12.7. The molecule has 0 unspecified atom stereocenters. The molecule has 0 saturated heterocycles. The van der Waals surface area contributed by atoms with Crippen LogP contribution in [0.2, 0.25) is 0 Å². The smallest absolute Gasteiger partial charge is 0.293 e. The molecule has 0 saturated carbocycles. The number of anilines is 1. The average molecular weight is 440 g/mol. The first-order valence-corrected chi connectivity index (χ1v) is 11.5. The van der Waals surface area contributed by atoms with Crippen molar-refractivity contribution in [3.8, 4) is 10.6 Å². The zero-order valence-corrected chi connectivity index (χ0v) is 17.5. The molecule has 1 amide bonds. The van der Waals surface area contributed by atoms with Crippen LogP contribution < -0.4 is 5.32 Å². The molecule has 0 spiro atoms. The van der Waals surface area contributed by atoms with Crippen LogP contribution in [0.15, 0.2) is 76.4 Å². The highest BCUT2D eigenvalue weighted by Gasteiger charge is 2.23. The third-order valence-electron chi connectivity index (χ3n) is 4.32. The first kappa shape index (κ1) is 20.0. The van der Waals surface area contributed by atoms with Crippen LogP contribution in [-0.2, 0) is 15.6 Å². The van der Waals surface area contributed by atoms with E-state index in [0.717, 1.165) is 16.3 Å². The number of pyridine rings is 1. The second-order valence-electron chi connectivity index (χ2n) is 6.45. The number of carbonyl (C=O) groups is 1. The number of aryl methyl sites for hydroxylation is 1. The molecule has 0 aliphatic heterocycles. The third-order valence-corrected chi connectivity index (χ3v) is 7.09. The Morgan fingerprint density at radius 3 is 2.60 bits per heavy atom. The van der Waals surface area contributed by atoms with Gasteiger partial charge in [-0.3, -0.25) is 15.1 Å². The van der Waals surface area contributed by atoms with Crippen molar-refractivity contribution in [2.45, 2.75) is 17.6 Å². The number of rotatable bonds is 6. The van der Waals surface area contributed by atoms with Crippen LogP contribution >= 0.6 is 11.3 Å². The predicted molar refractivity (Wildman–Crippen MR) is 114 cm³/mol. The molecular formula is C21H17N3O4S2. The highest BCUT2D eigenvalue weighted by atomic mass is 32.2. The highest BCUT2D eigenvalue weighted by Crippen LogP contribution is 2.31. The fraction of sp³-hybridized carbons (Fsp3) is 0.0952. The fourth-order valence-electron chi connectivity index (χ4n) is 2.90. The number of hydrogen-bond acceptors (Lipinski definition) is 7. The van der Waals surface area contributed by atoms with Gasteiger partial charge in [0.1, 0.15) is 0 Å². The van der Waals surface area contributed by atoms with Gasteiger partial charge in [-0.25, -0.2) is 13.4 Å². The second-order valence-corrected chi connectivity index (χ2v) is 9.44. The lowest BCUT2D eigenvalue weighted by molar-refractivity contribution is 0.0995. The van der Waals surface area contributed by atoms with Crippen molar-refractivity contribution in [2.75, 3.05) is 5.32 Å². The van der Waals surface area contributed by atoms with E-state index in [1.165, 1.54) is 35.8 Å². The molecule has 3 heterocycles. The Balaban J connectivity index is 1.54. The van der Waals surface area contributed by atoms with Gasteiger partial charge < -0.3 is 4.42 Å². The second kappa shape index (κ2) is 8.21. The number of aromatic nitrogens is 2. The van der Waals surface area contributed by atoms with Crippen molar-refractivity contribution in [1.82, 2.24) is 9.97 Å². The van der Waals surface area contributed by atoms with Crippen molar-refractivity contribution >= 4 is 32.2 Å². The van der Waals surface area contributed by atoms with E-state index in [2.05, 4.69) is 15.3 Å². The van der Waals surface area contributed by atoms with Crippen molar-refractivity contribution in [3.05, 3.63) is 84.1 Å². The normalized spacial score (nSPS) is 11.4. The molecule has 0 aliphatic rings. The lowest BCUT2D eigenvalue weighted by Gasteiger charge is -2.05. The Labute approximate surface area is 177 Å². The summed E-state index contributed by atoms with van der Waals surface area (Å²) in [4.78, 5) is 22.4. The molecule has 1 N–H and O–H groups in total. The maximum absolute atomic E-state index is 12.7. The van der Waals surface area contributed by atoms with E-state index >= 15 is 0 Å². The average Bonchev–Trinajstić information content (AvgIpc) is 3.35. The number of hydrogen-bond donors (Lipinski definition) is 1. The Morgan fingerprint density at radius 1 is 1.10 bits per heavy atom. The summed E-state index contributed by atoms with van der Waals surface area (Å²) in [7, 11) is -3.61. The summed E-state index contributed by atoms with van der Waals surface area (Å²) in [6, 6.07) is 15.1. The van der Waals surface area contributed by atoms with Gasteiger partial charge in [-0.05, 0) is 37.3 Å². The van der Waals surface area contributed by atoms with Crippen molar-refractivity contribution in [2.24, 2.45) is 0 Å². The van der Waals surface area contributed by atoms with Crippen LogP contribution in [0, 0.1) is 6.92 Å². The molecule has 30 heavy (non-hydrogen) atoms. The lowest BCUT2D eigenvalue weighted by atomic mass is 10.2. The van der Waals surface area contributed by atoms with Gasteiger partial charge in [-0.1, -0.05) is 35.6 Å². The Morgan fingerprint density at radius 2 is 1.87 bits per heavy atom. The molecule has 7 nitrogen and oxygen atoms in total. The van der Waals surface area contributed by atoms with Crippen molar-refractivity contribution < 1.29 is 17.6 Å². The molecule has 4 aromatic rings. The molecule has 0 atom stereocenters. The van der Waals surface area contributed by atoms with Crippen LogP contribution in [0.25, 0.3) is 10.6 Å². The summed E-state index contributed by atoms with van der Waals surface area (Å²) < 4.78 is 30.6. The van der Waals surface area contributed by atoms with Gasteiger partial charge in [0.25, 0.3) is 5.91 Å². The van der Waals surface area contributed by atoms with Gasteiger partial charge in [-0.15, -0.1) is 0 Å². The molecule has 152 valence electrons. The highest BCUT2D eigenvalue weighted by molar-refractivity contribution is 7.90. The largest absolute Gasteiger partial charge is 0.459 e. The zero-order valence-electron chi connectivity index (χ0n) is 15.9. The minimum Gasteiger partial charge on any atom is -0.459 e. The van der Waals surface area contributed by atoms with E-state index < -0.39 is 15.7 Å². The number of nitrogens with zero attached hydrogens (tertiary/aromatic N) is 2. The Bertz CT molecular complexity index is 1280. The Hall–Kier alpha value is -3.30. The molecule has 9 heteroatoms. The summed E-state index contributed by atoms with van der Waals surface area (Å²) in [5.41, 5.74) is 1.79. The van der Waals surface area contributed by atoms with Crippen molar-refractivity contribution in [3.63, 3.8) is 0 Å². The Kier molecular flexibility index (Phi) is 5.47. The lowest BCUT2D eigenvalue weighted by Crippen LogP contribution is -2.14. The molecular weight excluding hydrogens is 422 g/mol. The van der Waals surface area contributed by atoms with E-state index in [-0.39, 0.29) is 22.0 Å². The number of nitrogens with one attached hydrogen (secondary N) is 1. The molecule has 4 rings (SSSR count). The topological polar surface area (TPSA) is 102 Å². The van der Waals surface area contributed by atoms with Gasteiger partial charge in [0.2, 0.25) is 0 Å².